The van der Waals surface area contributed by atoms with Gasteiger partial charge in [0.1, 0.15) is 5.54 Å². The highest BCUT2D eigenvalue weighted by atomic mass is 16.4. The molecule has 1 fully saturated rings. The highest BCUT2D eigenvalue weighted by Gasteiger charge is 2.38. The first-order valence-electron chi connectivity index (χ1n) is 6.53. The molecule has 1 aliphatic rings. The van der Waals surface area contributed by atoms with Crippen LogP contribution in [0, 0.1) is 5.41 Å². The molecule has 0 aliphatic heterocycles. The molecule has 0 saturated heterocycles. The summed E-state index contributed by atoms with van der Waals surface area (Å²) in [6, 6.07) is -0.269. The standard InChI is InChI=1S/C13H24N2O3/c1-5-13(4,10(16)17)15-11(18)14-9-7-6-8-12(9,2)3/h9H,5-8H2,1-4H3,(H,16,17)(H2,14,15,18). The Labute approximate surface area is 108 Å². The average Bonchev–Trinajstić information content (AvgIpc) is 2.57. The van der Waals surface area contributed by atoms with Gasteiger partial charge in [0, 0.05) is 6.04 Å². The van der Waals surface area contributed by atoms with E-state index in [1.165, 1.54) is 6.92 Å². The molecule has 0 aromatic heterocycles. The molecule has 5 nitrogen and oxygen atoms in total. The SMILES string of the molecule is CCC(C)(NC(=O)NC1CCCC1(C)C)C(=O)O. The van der Waals surface area contributed by atoms with Crippen molar-refractivity contribution in [2.45, 2.75) is 65.0 Å². The van der Waals surface area contributed by atoms with E-state index >= 15 is 0 Å². The maximum absolute atomic E-state index is 11.9. The van der Waals surface area contributed by atoms with Crippen LogP contribution in [0.1, 0.15) is 53.4 Å². The number of hydrogen-bond donors (Lipinski definition) is 3. The minimum absolute atomic E-state index is 0.0865. The number of hydrogen-bond acceptors (Lipinski definition) is 2. The zero-order chi connectivity index (χ0) is 14.0. The molecule has 0 radical (unpaired) electrons. The van der Waals surface area contributed by atoms with Crippen LogP contribution in [0.15, 0.2) is 0 Å². The molecule has 0 aromatic carbocycles. The number of carbonyl (C=O) groups excluding carboxylic acids is 1. The van der Waals surface area contributed by atoms with E-state index < -0.39 is 11.5 Å². The van der Waals surface area contributed by atoms with Gasteiger partial charge in [-0.2, -0.15) is 0 Å². The number of carboxylic acid groups (broad SMARTS) is 1. The van der Waals surface area contributed by atoms with E-state index in [9.17, 15) is 9.59 Å². The molecule has 0 bridgehead atoms. The zero-order valence-corrected chi connectivity index (χ0v) is 11.7. The summed E-state index contributed by atoms with van der Waals surface area (Å²) in [5, 5.41) is 14.6. The fraction of sp³-hybridized carbons (Fsp3) is 0.846. The molecule has 18 heavy (non-hydrogen) atoms. The maximum atomic E-state index is 11.9. The lowest BCUT2D eigenvalue weighted by atomic mass is 9.87. The van der Waals surface area contributed by atoms with Crippen molar-refractivity contribution >= 4 is 12.0 Å². The van der Waals surface area contributed by atoms with Gasteiger partial charge in [0.05, 0.1) is 0 Å². The van der Waals surface area contributed by atoms with Gasteiger partial charge in [0.2, 0.25) is 0 Å². The van der Waals surface area contributed by atoms with Crippen molar-refractivity contribution < 1.29 is 14.7 Å². The minimum Gasteiger partial charge on any atom is -0.480 e. The van der Waals surface area contributed by atoms with Crippen molar-refractivity contribution in [1.29, 1.82) is 0 Å². The summed E-state index contributed by atoms with van der Waals surface area (Å²) in [6.45, 7) is 7.52. The predicted molar refractivity (Wildman–Crippen MR) is 69.4 cm³/mol. The third-order valence-electron chi connectivity index (χ3n) is 4.13. The van der Waals surface area contributed by atoms with Crippen molar-refractivity contribution in [2.24, 2.45) is 5.41 Å². The summed E-state index contributed by atoms with van der Waals surface area (Å²) in [6.07, 6.45) is 3.49. The highest BCUT2D eigenvalue weighted by Crippen LogP contribution is 2.37. The molecular formula is C13H24N2O3. The first-order valence-corrected chi connectivity index (χ1v) is 6.53. The smallest absolute Gasteiger partial charge is 0.329 e. The van der Waals surface area contributed by atoms with E-state index in [2.05, 4.69) is 24.5 Å². The molecule has 0 aromatic rings. The number of amides is 2. The second-order valence-corrected chi connectivity index (χ2v) is 6.02. The summed E-state index contributed by atoms with van der Waals surface area (Å²) in [4.78, 5) is 23.0. The Morgan fingerprint density at radius 2 is 2.06 bits per heavy atom. The molecule has 2 unspecified atom stereocenters. The second-order valence-electron chi connectivity index (χ2n) is 6.02. The van der Waals surface area contributed by atoms with Crippen LogP contribution in [0.25, 0.3) is 0 Å². The van der Waals surface area contributed by atoms with Crippen molar-refractivity contribution in [1.82, 2.24) is 10.6 Å². The van der Waals surface area contributed by atoms with E-state index in [-0.39, 0.29) is 17.5 Å². The Hall–Kier alpha value is -1.26. The number of aliphatic carboxylic acids is 1. The van der Waals surface area contributed by atoms with Crippen LogP contribution >= 0.6 is 0 Å². The van der Waals surface area contributed by atoms with Crippen molar-refractivity contribution in [3.05, 3.63) is 0 Å². The fourth-order valence-corrected chi connectivity index (χ4v) is 2.33. The third kappa shape index (κ3) is 3.15. The zero-order valence-electron chi connectivity index (χ0n) is 11.7. The molecule has 0 heterocycles. The van der Waals surface area contributed by atoms with E-state index in [0.29, 0.717) is 6.42 Å². The molecule has 104 valence electrons. The minimum atomic E-state index is -1.20. The lowest BCUT2D eigenvalue weighted by molar-refractivity contribution is -0.143. The Morgan fingerprint density at radius 3 is 2.44 bits per heavy atom. The summed E-state index contributed by atoms with van der Waals surface area (Å²) >= 11 is 0. The van der Waals surface area contributed by atoms with E-state index in [0.717, 1.165) is 19.3 Å². The van der Waals surface area contributed by atoms with E-state index in [1.807, 2.05) is 0 Å². The van der Waals surface area contributed by atoms with Gasteiger partial charge in [-0.3, -0.25) is 0 Å². The van der Waals surface area contributed by atoms with Gasteiger partial charge in [0.25, 0.3) is 0 Å². The first-order chi connectivity index (χ1) is 8.21. The van der Waals surface area contributed by atoms with Crippen LogP contribution < -0.4 is 10.6 Å². The van der Waals surface area contributed by atoms with Crippen molar-refractivity contribution in [2.75, 3.05) is 0 Å². The normalized spacial score (nSPS) is 25.2. The molecular weight excluding hydrogens is 232 g/mol. The van der Waals surface area contributed by atoms with Crippen molar-refractivity contribution in [3.63, 3.8) is 0 Å². The first kappa shape index (κ1) is 14.8. The van der Waals surface area contributed by atoms with Crippen molar-refractivity contribution in [3.8, 4) is 0 Å². The van der Waals surface area contributed by atoms with Gasteiger partial charge in [-0.15, -0.1) is 0 Å². The second kappa shape index (κ2) is 5.16. The molecule has 3 N–H and O–H groups in total. The summed E-state index contributed by atoms with van der Waals surface area (Å²) in [5.41, 5.74) is -1.12. The largest absolute Gasteiger partial charge is 0.480 e. The van der Waals surface area contributed by atoms with Crippen LogP contribution in [0.5, 0.6) is 0 Å². The summed E-state index contributed by atoms with van der Waals surface area (Å²) in [7, 11) is 0. The van der Waals surface area contributed by atoms with Gasteiger partial charge >= 0.3 is 12.0 Å². The molecule has 5 heteroatoms. The number of rotatable bonds is 4. The number of carboxylic acids is 1. The van der Waals surface area contributed by atoms with Crippen LogP contribution in [-0.4, -0.2) is 28.7 Å². The lowest BCUT2D eigenvalue weighted by Gasteiger charge is -2.30. The molecule has 1 saturated carbocycles. The Kier molecular flexibility index (Phi) is 4.24. The van der Waals surface area contributed by atoms with Crippen LogP contribution in [0.3, 0.4) is 0 Å². The topological polar surface area (TPSA) is 78.4 Å². The van der Waals surface area contributed by atoms with Crippen LogP contribution in [-0.2, 0) is 4.79 Å². The Bertz CT molecular complexity index is 341. The molecule has 1 rings (SSSR count). The van der Waals surface area contributed by atoms with Gasteiger partial charge in [-0.05, 0) is 31.6 Å². The van der Waals surface area contributed by atoms with Gasteiger partial charge < -0.3 is 15.7 Å². The average molecular weight is 256 g/mol. The molecule has 0 spiro atoms. The van der Waals surface area contributed by atoms with E-state index in [4.69, 9.17) is 5.11 Å². The van der Waals surface area contributed by atoms with Crippen LogP contribution in [0.2, 0.25) is 0 Å². The van der Waals surface area contributed by atoms with Crippen LogP contribution in [0.4, 0.5) is 4.79 Å². The molecule has 2 atom stereocenters. The number of urea groups is 1. The predicted octanol–water partition coefficient (Wildman–Crippen LogP) is 2.12. The fourth-order valence-electron chi connectivity index (χ4n) is 2.33. The monoisotopic (exact) mass is 256 g/mol. The molecule has 2 amide bonds. The highest BCUT2D eigenvalue weighted by molar-refractivity contribution is 5.85. The maximum Gasteiger partial charge on any atom is 0.329 e. The van der Waals surface area contributed by atoms with Gasteiger partial charge in [-0.1, -0.05) is 27.2 Å². The Morgan fingerprint density at radius 1 is 1.44 bits per heavy atom. The quantitative estimate of drug-likeness (QED) is 0.721. The third-order valence-corrected chi connectivity index (χ3v) is 4.13. The number of carbonyl (C=O) groups is 2. The Balaban J connectivity index is 2.59. The van der Waals surface area contributed by atoms with Gasteiger partial charge in [0.15, 0.2) is 0 Å². The molecule has 1 aliphatic carbocycles. The lowest BCUT2D eigenvalue weighted by Crippen LogP contribution is -2.57. The van der Waals surface area contributed by atoms with Gasteiger partial charge in [-0.25, -0.2) is 9.59 Å². The summed E-state index contributed by atoms with van der Waals surface area (Å²) in [5.74, 6) is -1.01. The number of nitrogens with one attached hydrogen (secondary N) is 2. The summed E-state index contributed by atoms with van der Waals surface area (Å²) < 4.78 is 0. The van der Waals surface area contributed by atoms with E-state index in [1.54, 1.807) is 6.92 Å².